The molecule has 2 aliphatic rings. The minimum atomic E-state index is -0.212. The number of Topliss-reactive ketones (excluding diaryl/α,β-unsaturated/α-hetero) is 2. The zero-order chi connectivity index (χ0) is 22.6. The molecule has 7 nitrogen and oxygen atoms in total. The summed E-state index contributed by atoms with van der Waals surface area (Å²) in [5, 5.41) is 0. The van der Waals surface area contributed by atoms with Crippen molar-refractivity contribution in [2.75, 3.05) is 26.4 Å². The molecule has 2 fully saturated rings. The molecule has 2 aliphatic carbocycles. The van der Waals surface area contributed by atoms with E-state index in [2.05, 4.69) is 0 Å². The Hall–Kier alpha value is -1.76. The second kappa shape index (κ2) is 13.6. The Morgan fingerprint density at radius 1 is 0.548 bits per heavy atom. The normalized spacial score (nSPS) is 26.9. The molecular weight excluding hydrogens is 400 g/mol. The molecule has 0 unspecified atom stereocenters. The molecule has 0 saturated heterocycles. The van der Waals surface area contributed by atoms with Crippen molar-refractivity contribution in [3.63, 3.8) is 0 Å². The Morgan fingerprint density at radius 2 is 0.903 bits per heavy atom. The summed E-state index contributed by atoms with van der Waals surface area (Å²) in [7, 11) is 0. The van der Waals surface area contributed by atoms with Crippen LogP contribution in [-0.2, 0) is 33.4 Å². The van der Waals surface area contributed by atoms with Crippen LogP contribution in [0, 0.1) is 23.7 Å². The van der Waals surface area contributed by atoms with E-state index in [1.165, 1.54) is 0 Å². The topological polar surface area (TPSA) is 96.0 Å². The van der Waals surface area contributed by atoms with E-state index >= 15 is 0 Å². The lowest BCUT2D eigenvalue weighted by Crippen LogP contribution is -2.22. The molecule has 0 radical (unpaired) electrons. The molecular formula is C24H38O7. The van der Waals surface area contributed by atoms with E-state index in [4.69, 9.17) is 14.2 Å². The number of esters is 2. The predicted octanol–water partition coefficient (Wildman–Crippen LogP) is 3.66. The van der Waals surface area contributed by atoms with E-state index < -0.39 is 0 Å². The average molecular weight is 439 g/mol. The van der Waals surface area contributed by atoms with Gasteiger partial charge in [0.2, 0.25) is 0 Å². The fourth-order valence-corrected chi connectivity index (χ4v) is 4.63. The maximum Gasteiger partial charge on any atom is 0.309 e. The molecule has 2 saturated carbocycles. The van der Waals surface area contributed by atoms with Crippen molar-refractivity contribution < 1.29 is 33.4 Å². The van der Waals surface area contributed by atoms with Gasteiger partial charge in [0.15, 0.2) is 0 Å². The Bertz CT molecular complexity index is 563. The van der Waals surface area contributed by atoms with Gasteiger partial charge < -0.3 is 14.2 Å². The zero-order valence-corrected chi connectivity index (χ0v) is 19.1. The molecule has 0 amide bonds. The third-order valence-electron chi connectivity index (χ3n) is 6.70. The van der Waals surface area contributed by atoms with Gasteiger partial charge in [-0.3, -0.25) is 19.2 Å². The molecule has 0 aromatic heterocycles. The first-order chi connectivity index (χ1) is 14.9. The smallest absolute Gasteiger partial charge is 0.309 e. The molecule has 0 spiro atoms. The molecule has 0 aromatic carbocycles. The fraction of sp³-hybridized carbons (Fsp3) is 0.833. The fourth-order valence-electron chi connectivity index (χ4n) is 4.63. The summed E-state index contributed by atoms with van der Waals surface area (Å²) in [4.78, 5) is 47.5. The Labute approximate surface area is 185 Å². The van der Waals surface area contributed by atoms with Gasteiger partial charge in [0, 0.05) is 11.8 Å². The van der Waals surface area contributed by atoms with E-state index in [-0.39, 0.29) is 73.6 Å². The van der Waals surface area contributed by atoms with Crippen LogP contribution in [0.3, 0.4) is 0 Å². The van der Waals surface area contributed by atoms with Gasteiger partial charge in [-0.05, 0) is 65.2 Å². The van der Waals surface area contributed by atoms with Crippen molar-refractivity contribution in [2.24, 2.45) is 23.7 Å². The third kappa shape index (κ3) is 9.09. The second-order valence-corrected chi connectivity index (χ2v) is 8.97. The summed E-state index contributed by atoms with van der Waals surface area (Å²) in [5.74, 6) is -0.104. The van der Waals surface area contributed by atoms with E-state index in [1.807, 2.05) is 0 Å². The molecule has 0 bridgehead atoms. The monoisotopic (exact) mass is 438 g/mol. The van der Waals surface area contributed by atoms with Crippen LogP contribution in [0.2, 0.25) is 0 Å². The molecule has 0 aromatic rings. The second-order valence-electron chi connectivity index (χ2n) is 8.97. The van der Waals surface area contributed by atoms with Crippen LogP contribution in [0.15, 0.2) is 0 Å². The predicted molar refractivity (Wildman–Crippen MR) is 114 cm³/mol. The summed E-state index contributed by atoms with van der Waals surface area (Å²) in [6.07, 6.45) is 7.94. The first-order valence-electron chi connectivity index (χ1n) is 11.8. The average Bonchev–Trinajstić information content (AvgIpc) is 3.14. The van der Waals surface area contributed by atoms with E-state index in [0.717, 1.165) is 51.4 Å². The van der Waals surface area contributed by atoms with E-state index in [9.17, 15) is 19.2 Å². The molecule has 2 rings (SSSR count). The first-order valence-corrected chi connectivity index (χ1v) is 11.8. The lowest BCUT2D eigenvalue weighted by Gasteiger charge is -2.15. The first kappa shape index (κ1) is 25.5. The molecule has 0 heterocycles. The van der Waals surface area contributed by atoms with Gasteiger partial charge in [-0.15, -0.1) is 0 Å². The van der Waals surface area contributed by atoms with Crippen molar-refractivity contribution in [1.82, 2.24) is 0 Å². The summed E-state index contributed by atoms with van der Waals surface area (Å²) >= 11 is 0. The van der Waals surface area contributed by atoms with Crippen molar-refractivity contribution in [3.05, 3.63) is 0 Å². The number of rotatable bonds is 10. The third-order valence-corrected chi connectivity index (χ3v) is 6.70. The van der Waals surface area contributed by atoms with Gasteiger partial charge in [0.25, 0.3) is 0 Å². The van der Waals surface area contributed by atoms with Crippen LogP contribution in [0.5, 0.6) is 0 Å². The molecule has 176 valence electrons. The summed E-state index contributed by atoms with van der Waals surface area (Å²) in [5.41, 5.74) is 0. The summed E-state index contributed by atoms with van der Waals surface area (Å²) in [6.45, 7) is 4.12. The van der Waals surface area contributed by atoms with E-state index in [0.29, 0.717) is 12.8 Å². The van der Waals surface area contributed by atoms with Crippen molar-refractivity contribution in [1.29, 1.82) is 0 Å². The standard InChI is InChI=1S/C24H38O7/c1-17(25)19-5-3-7-21(11-9-19)23(27)30-15-13-29-14-16-31-24(28)22-8-4-6-20(10-12-22)18(2)26/h19-22H,3-16H2,1-2H3/t19-,20+,21-,22+. The highest BCUT2D eigenvalue weighted by Crippen LogP contribution is 2.29. The molecule has 4 atom stereocenters. The number of carbonyl (C=O) groups excluding carboxylic acids is 4. The van der Waals surface area contributed by atoms with Gasteiger partial charge in [0.05, 0.1) is 25.0 Å². The van der Waals surface area contributed by atoms with Gasteiger partial charge in [-0.25, -0.2) is 0 Å². The highest BCUT2D eigenvalue weighted by atomic mass is 16.6. The lowest BCUT2D eigenvalue weighted by atomic mass is 9.95. The number of ether oxygens (including phenoxy) is 3. The lowest BCUT2D eigenvalue weighted by molar-refractivity contribution is -0.152. The SMILES string of the molecule is CC(=O)[C@@H]1CCC[C@@H](C(=O)OCCOCCOC(=O)[C@H]2CCC[C@H](C(C)=O)CC2)CC1. The van der Waals surface area contributed by atoms with Crippen molar-refractivity contribution in [3.8, 4) is 0 Å². The van der Waals surface area contributed by atoms with E-state index in [1.54, 1.807) is 13.8 Å². The van der Waals surface area contributed by atoms with Gasteiger partial charge in [-0.1, -0.05) is 12.8 Å². The number of hydrogen-bond donors (Lipinski definition) is 0. The molecule has 0 aliphatic heterocycles. The van der Waals surface area contributed by atoms with Crippen LogP contribution in [0.4, 0.5) is 0 Å². The maximum atomic E-state index is 12.2. The van der Waals surface area contributed by atoms with Crippen LogP contribution >= 0.6 is 0 Å². The zero-order valence-electron chi connectivity index (χ0n) is 19.1. The van der Waals surface area contributed by atoms with Gasteiger partial charge in [0.1, 0.15) is 24.8 Å². The molecule has 31 heavy (non-hydrogen) atoms. The highest BCUT2D eigenvalue weighted by molar-refractivity contribution is 5.79. The quantitative estimate of drug-likeness (QED) is 0.292. The number of ketones is 2. The highest BCUT2D eigenvalue weighted by Gasteiger charge is 2.28. The Kier molecular flexibility index (Phi) is 11.2. The Balaban J connectivity index is 1.52. The van der Waals surface area contributed by atoms with Crippen LogP contribution in [-0.4, -0.2) is 49.9 Å². The molecule has 0 N–H and O–H groups in total. The van der Waals surface area contributed by atoms with Crippen LogP contribution < -0.4 is 0 Å². The number of hydrogen-bond acceptors (Lipinski definition) is 7. The van der Waals surface area contributed by atoms with Crippen molar-refractivity contribution >= 4 is 23.5 Å². The van der Waals surface area contributed by atoms with Crippen LogP contribution in [0.25, 0.3) is 0 Å². The summed E-state index contributed by atoms with van der Waals surface area (Å²) < 4.78 is 16.0. The Morgan fingerprint density at radius 3 is 1.29 bits per heavy atom. The minimum absolute atomic E-state index is 0.0809. The largest absolute Gasteiger partial charge is 0.463 e. The maximum absolute atomic E-state index is 12.2. The van der Waals surface area contributed by atoms with Crippen LogP contribution in [0.1, 0.15) is 78.1 Å². The van der Waals surface area contributed by atoms with Gasteiger partial charge >= 0.3 is 11.9 Å². The van der Waals surface area contributed by atoms with Crippen molar-refractivity contribution in [2.45, 2.75) is 78.1 Å². The van der Waals surface area contributed by atoms with Gasteiger partial charge in [-0.2, -0.15) is 0 Å². The minimum Gasteiger partial charge on any atom is -0.463 e. The number of carbonyl (C=O) groups is 4. The summed E-state index contributed by atoms with van der Waals surface area (Å²) in [6, 6.07) is 0. The molecule has 7 heteroatoms.